The highest BCUT2D eigenvalue weighted by Crippen LogP contribution is 2.32. The minimum absolute atomic E-state index is 0.188. The molecule has 1 amide bonds. The Labute approximate surface area is 211 Å². The number of fused-ring (bicyclic) bond motifs is 1. The molecular formula is C25H27NO11. The Balaban J connectivity index is 2.00. The topological polar surface area (TPSA) is 164 Å². The molecule has 37 heavy (non-hydrogen) atoms. The van der Waals surface area contributed by atoms with Crippen molar-refractivity contribution < 1.29 is 52.8 Å². The van der Waals surface area contributed by atoms with Gasteiger partial charge in [-0.05, 0) is 11.5 Å². The summed E-state index contributed by atoms with van der Waals surface area (Å²) < 4.78 is 27.0. The van der Waals surface area contributed by atoms with Gasteiger partial charge in [-0.25, -0.2) is 4.79 Å². The van der Waals surface area contributed by atoms with E-state index in [1.807, 2.05) is 0 Å². The minimum atomic E-state index is -1.60. The second kappa shape index (κ2) is 11.7. The summed E-state index contributed by atoms with van der Waals surface area (Å²) in [5.41, 5.74) is -0.188. The van der Waals surface area contributed by atoms with Crippen molar-refractivity contribution in [1.82, 2.24) is 5.32 Å². The first-order valence-electron chi connectivity index (χ1n) is 11.3. The van der Waals surface area contributed by atoms with Crippen LogP contribution < -0.4 is 5.32 Å². The second-order valence-electron chi connectivity index (χ2n) is 8.31. The van der Waals surface area contributed by atoms with E-state index >= 15 is 0 Å². The molecule has 0 bridgehead atoms. The summed E-state index contributed by atoms with van der Waals surface area (Å²) in [5, 5.41) is 14.3. The number of amides is 1. The van der Waals surface area contributed by atoms with Crippen molar-refractivity contribution in [2.24, 2.45) is 0 Å². The lowest BCUT2D eigenvalue weighted by Gasteiger charge is -2.44. The highest BCUT2D eigenvalue weighted by atomic mass is 16.7. The fraction of sp³-hybridized carbons (Fsp3) is 0.400. The van der Waals surface area contributed by atoms with Crippen molar-refractivity contribution in [1.29, 1.82) is 0 Å². The number of phenols is 1. The third kappa shape index (κ3) is 6.73. The fourth-order valence-electron chi connectivity index (χ4n) is 3.98. The van der Waals surface area contributed by atoms with Crippen LogP contribution in [0.5, 0.6) is 5.75 Å². The number of hydrogen-bond donors (Lipinski definition) is 2. The van der Waals surface area contributed by atoms with Gasteiger partial charge in [-0.15, -0.1) is 0 Å². The number of carbonyl (C=O) groups is 5. The van der Waals surface area contributed by atoms with Crippen molar-refractivity contribution in [2.75, 3.05) is 6.61 Å². The lowest BCUT2D eigenvalue weighted by atomic mass is 9.96. The molecule has 1 aliphatic rings. The SMILES string of the molecule is CC(=O)N[C@@H]1[C@@H](OC(=O)c2ccc3ccccc3c2O)O[C@@H](COC(C)=O)[C@@H](OC(C)=O)[C@H]1OC(C)=O. The number of ether oxygens (including phenoxy) is 5. The van der Waals surface area contributed by atoms with Crippen LogP contribution in [0.2, 0.25) is 0 Å². The van der Waals surface area contributed by atoms with Crippen LogP contribution in [-0.4, -0.2) is 72.1 Å². The molecule has 1 saturated heterocycles. The summed E-state index contributed by atoms with van der Waals surface area (Å²) in [5.74, 6) is -4.17. The van der Waals surface area contributed by atoms with E-state index in [2.05, 4.69) is 5.32 Å². The van der Waals surface area contributed by atoms with E-state index in [1.54, 1.807) is 30.3 Å². The van der Waals surface area contributed by atoms with Crippen LogP contribution in [0.3, 0.4) is 0 Å². The lowest BCUT2D eigenvalue weighted by molar-refractivity contribution is -0.263. The number of hydrogen-bond acceptors (Lipinski definition) is 11. The van der Waals surface area contributed by atoms with Crippen molar-refractivity contribution in [3.05, 3.63) is 42.0 Å². The highest BCUT2D eigenvalue weighted by Gasteiger charge is 2.52. The molecule has 0 saturated carbocycles. The molecule has 0 aliphatic carbocycles. The fourth-order valence-corrected chi connectivity index (χ4v) is 3.98. The van der Waals surface area contributed by atoms with Crippen LogP contribution in [0.4, 0.5) is 0 Å². The molecule has 2 aromatic rings. The largest absolute Gasteiger partial charge is 0.506 e. The first kappa shape index (κ1) is 27.4. The quantitative estimate of drug-likeness (QED) is 0.402. The third-order valence-electron chi connectivity index (χ3n) is 5.41. The van der Waals surface area contributed by atoms with Gasteiger partial charge >= 0.3 is 23.9 Å². The van der Waals surface area contributed by atoms with Crippen LogP contribution in [0.15, 0.2) is 36.4 Å². The normalized spacial score (nSPS) is 23.0. The molecule has 198 valence electrons. The summed E-state index contributed by atoms with van der Waals surface area (Å²) >= 11 is 0. The number of phenolic OH excluding ortho intramolecular Hbond substituents is 1. The van der Waals surface area contributed by atoms with Gasteiger partial charge in [0.15, 0.2) is 12.2 Å². The molecule has 12 heteroatoms. The highest BCUT2D eigenvalue weighted by molar-refractivity contribution is 6.01. The van der Waals surface area contributed by atoms with E-state index in [4.69, 9.17) is 23.7 Å². The molecule has 0 radical (unpaired) electrons. The van der Waals surface area contributed by atoms with Gasteiger partial charge in [-0.1, -0.05) is 30.3 Å². The smallest absolute Gasteiger partial charge is 0.344 e. The van der Waals surface area contributed by atoms with E-state index in [0.717, 1.165) is 20.8 Å². The predicted octanol–water partition coefficient (Wildman–Crippen LogP) is 1.36. The Morgan fingerprint density at radius 3 is 2.14 bits per heavy atom. The van der Waals surface area contributed by atoms with Crippen LogP contribution in [-0.2, 0) is 42.9 Å². The Morgan fingerprint density at radius 2 is 1.51 bits per heavy atom. The number of aromatic hydroxyl groups is 1. The maximum atomic E-state index is 13.1. The molecule has 0 aromatic heterocycles. The molecule has 3 rings (SSSR count). The molecule has 1 heterocycles. The van der Waals surface area contributed by atoms with Gasteiger partial charge in [0.25, 0.3) is 0 Å². The number of esters is 4. The van der Waals surface area contributed by atoms with E-state index in [9.17, 15) is 29.1 Å². The molecule has 5 atom stereocenters. The molecule has 1 fully saturated rings. The summed E-state index contributed by atoms with van der Waals surface area (Å²) in [4.78, 5) is 60.3. The standard InChI is InChI=1S/C25H27NO11/c1-12(27)26-20-23(35-15(4)30)22(34-14(3)29)19(11-33-13(2)28)36-25(20)37-24(32)18-10-9-16-7-5-6-8-17(16)21(18)31/h5-10,19-20,22-23,25,31H,11H2,1-4H3,(H,26,27)/t19-,20-,22+,23-,25+/m0/s1. The van der Waals surface area contributed by atoms with Crippen LogP contribution >= 0.6 is 0 Å². The molecule has 12 nitrogen and oxygen atoms in total. The van der Waals surface area contributed by atoms with Crippen molar-refractivity contribution in [3.63, 3.8) is 0 Å². The van der Waals surface area contributed by atoms with Gasteiger partial charge in [0, 0.05) is 33.1 Å². The van der Waals surface area contributed by atoms with Gasteiger partial charge in [0.1, 0.15) is 30.1 Å². The van der Waals surface area contributed by atoms with Gasteiger partial charge in [-0.2, -0.15) is 0 Å². The zero-order chi connectivity index (χ0) is 27.3. The zero-order valence-electron chi connectivity index (χ0n) is 20.6. The maximum Gasteiger partial charge on any atom is 0.344 e. The maximum absolute atomic E-state index is 13.1. The lowest BCUT2D eigenvalue weighted by Crippen LogP contribution is -2.66. The molecule has 1 aliphatic heterocycles. The van der Waals surface area contributed by atoms with Crippen molar-refractivity contribution in [3.8, 4) is 5.75 Å². The Morgan fingerprint density at radius 1 is 0.865 bits per heavy atom. The average molecular weight is 517 g/mol. The Hall–Kier alpha value is -4.19. The van der Waals surface area contributed by atoms with Gasteiger partial charge in [0.2, 0.25) is 12.2 Å². The number of rotatable bonds is 7. The number of nitrogens with one attached hydrogen (secondary N) is 1. The molecule has 0 spiro atoms. The third-order valence-corrected chi connectivity index (χ3v) is 5.41. The van der Waals surface area contributed by atoms with Crippen LogP contribution in [0, 0.1) is 0 Å². The van der Waals surface area contributed by atoms with Crippen LogP contribution in [0.1, 0.15) is 38.1 Å². The summed E-state index contributed by atoms with van der Waals surface area (Å²) in [6.45, 7) is 4.07. The van der Waals surface area contributed by atoms with E-state index in [-0.39, 0.29) is 11.3 Å². The van der Waals surface area contributed by atoms with Gasteiger partial charge in [-0.3, -0.25) is 19.2 Å². The summed E-state index contributed by atoms with van der Waals surface area (Å²) in [6, 6.07) is 8.47. The van der Waals surface area contributed by atoms with E-state index in [0.29, 0.717) is 10.8 Å². The zero-order valence-corrected chi connectivity index (χ0v) is 20.6. The van der Waals surface area contributed by atoms with E-state index in [1.165, 1.54) is 13.0 Å². The summed E-state index contributed by atoms with van der Waals surface area (Å²) in [6.07, 6.45) is -5.56. The second-order valence-corrected chi connectivity index (χ2v) is 8.31. The Kier molecular flexibility index (Phi) is 8.66. The Bertz CT molecular complexity index is 1210. The monoisotopic (exact) mass is 517 g/mol. The van der Waals surface area contributed by atoms with Gasteiger partial charge < -0.3 is 34.1 Å². The van der Waals surface area contributed by atoms with Crippen LogP contribution in [0.25, 0.3) is 10.8 Å². The predicted molar refractivity (Wildman–Crippen MR) is 125 cm³/mol. The number of carbonyl (C=O) groups excluding carboxylic acids is 5. The first-order chi connectivity index (χ1) is 17.5. The van der Waals surface area contributed by atoms with E-state index < -0.39 is 67.0 Å². The molecular weight excluding hydrogens is 490 g/mol. The molecule has 2 N–H and O–H groups in total. The summed E-state index contributed by atoms with van der Waals surface area (Å²) in [7, 11) is 0. The first-order valence-corrected chi connectivity index (χ1v) is 11.3. The average Bonchev–Trinajstić information content (AvgIpc) is 2.81. The van der Waals surface area contributed by atoms with Crippen molar-refractivity contribution >= 4 is 40.6 Å². The number of benzene rings is 2. The minimum Gasteiger partial charge on any atom is -0.506 e. The van der Waals surface area contributed by atoms with Gasteiger partial charge in [0.05, 0.1) is 0 Å². The molecule has 2 aromatic carbocycles. The van der Waals surface area contributed by atoms with Crippen molar-refractivity contribution in [2.45, 2.75) is 58.3 Å². The molecule has 0 unspecified atom stereocenters.